The lowest BCUT2D eigenvalue weighted by Crippen LogP contribution is -2.03. The third-order valence-corrected chi connectivity index (χ3v) is 2.21. The van der Waals surface area contributed by atoms with Gasteiger partial charge >= 0.3 is 0 Å². The highest BCUT2D eigenvalue weighted by Crippen LogP contribution is 2.23. The number of nitrogens with zero attached hydrogens (tertiary/aromatic N) is 2. The van der Waals surface area contributed by atoms with Gasteiger partial charge in [0.1, 0.15) is 11.5 Å². The first-order valence-electron chi connectivity index (χ1n) is 5.01. The Morgan fingerprint density at radius 1 is 1.19 bits per heavy atom. The Morgan fingerprint density at radius 3 is 2.19 bits per heavy atom. The van der Waals surface area contributed by atoms with Gasteiger partial charge in [0.25, 0.3) is 0 Å². The van der Waals surface area contributed by atoms with Crippen LogP contribution in [0.4, 0.5) is 0 Å². The molecule has 0 radical (unpaired) electrons. The Labute approximate surface area is 95.2 Å². The normalized spacial score (nSPS) is 12.7. The van der Waals surface area contributed by atoms with Crippen LogP contribution < -0.4 is 15.3 Å². The van der Waals surface area contributed by atoms with E-state index in [2.05, 4.69) is 10.3 Å². The SMILES string of the molecule is COc1cc(CC(C)N=NN)cc(OC)c1. The topological polar surface area (TPSA) is 69.2 Å². The van der Waals surface area contributed by atoms with Crippen LogP contribution in [-0.4, -0.2) is 20.3 Å². The number of rotatable bonds is 5. The number of nitrogens with two attached hydrogens (primary N) is 1. The molecule has 0 fully saturated rings. The van der Waals surface area contributed by atoms with Crippen LogP contribution in [0.15, 0.2) is 28.5 Å². The molecular weight excluding hydrogens is 206 g/mol. The van der Waals surface area contributed by atoms with Gasteiger partial charge in [0.05, 0.1) is 20.3 Å². The first kappa shape index (κ1) is 12.3. The lowest BCUT2D eigenvalue weighted by molar-refractivity contribution is 0.393. The number of benzene rings is 1. The van der Waals surface area contributed by atoms with Crippen molar-refractivity contribution in [2.24, 2.45) is 16.2 Å². The largest absolute Gasteiger partial charge is 0.497 e. The molecule has 16 heavy (non-hydrogen) atoms. The molecule has 0 aliphatic rings. The average Bonchev–Trinajstić information content (AvgIpc) is 2.28. The van der Waals surface area contributed by atoms with Gasteiger partial charge in [0.2, 0.25) is 0 Å². The minimum atomic E-state index is 0.0433. The van der Waals surface area contributed by atoms with Crippen molar-refractivity contribution in [3.8, 4) is 11.5 Å². The predicted octanol–water partition coefficient (Wildman–Crippen LogP) is 1.96. The van der Waals surface area contributed by atoms with Crippen molar-refractivity contribution in [3.05, 3.63) is 23.8 Å². The highest BCUT2D eigenvalue weighted by Gasteiger charge is 2.06. The molecule has 5 heteroatoms. The number of ether oxygens (including phenoxy) is 2. The van der Waals surface area contributed by atoms with Crippen LogP contribution in [0.1, 0.15) is 12.5 Å². The maximum Gasteiger partial charge on any atom is 0.122 e. The van der Waals surface area contributed by atoms with Gasteiger partial charge in [-0.05, 0) is 31.0 Å². The van der Waals surface area contributed by atoms with Gasteiger partial charge in [-0.25, -0.2) is 0 Å². The van der Waals surface area contributed by atoms with E-state index in [1.54, 1.807) is 14.2 Å². The summed E-state index contributed by atoms with van der Waals surface area (Å²) in [5, 5.41) is 7.13. The van der Waals surface area contributed by atoms with E-state index in [0.717, 1.165) is 23.5 Å². The first-order chi connectivity index (χ1) is 7.69. The summed E-state index contributed by atoms with van der Waals surface area (Å²) in [6.07, 6.45) is 0.744. The molecule has 0 heterocycles. The molecule has 0 bridgehead atoms. The minimum absolute atomic E-state index is 0.0433. The van der Waals surface area contributed by atoms with E-state index in [4.69, 9.17) is 15.3 Å². The van der Waals surface area contributed by atoms with E-state index < -0.39 is 0 Å². The molecule has 1 atom stereocenters. The fourth-order valence-electron chi connectivity index (χ4n) is 1.48. The molecule has 0 spiro atoms. The summed E-state index contributed by atoms with van der Waals surface area (Å²) in [6, 6.07) is 5.77. The van der Waals surface area contributed by atoms with Gasteiger partial charge in [-0.1, -0.05) is 5.22 Å². The molecule has 0 amide bonds. The van der Waals surface area contributed by atoms with E-state index in [9.17, 15) is 0 Å². The summed E-state index contributed by atoms with van der Waals surface area (Å²) in [5.74, 6) is 6.54. The number of hydrogen-bond donors (Lipinski definition) is 1. The van der Waals surface area contributed by atoms with Gasteiger partial charge in [0, 0.05) is 6.07 Å². The van der Waals surface area contributed by atoms with Gasteiger partial charge in [-0.2, -0.15) is 5.11 Å². The van der Waals surface area contributed by atoms with Crippen molar-refractivity contribution in [3.63, 3.8) is 0 Å². The molecule has 1 aromatic rings. The maximum atomic E-state index is 5.18. The van der Waals surface area contributed by atoms with Gasteiger partial charge in [-0.15, -0.1) is 0 Å². The Kier molecular flexibility index (Phi) is 4.57. The van der Waals surface area contributed by atoms with Crippen molar-refractivity contribution >= 4 is 0 Å². The lowest BCUT2D eigenvalue weighted by Gasteiger charge is -2.09. The molecule has 0 saturated heterocycles. The molecular formula is C11H17N3O2. The van der Waals surface area contributed by atoms with Crippen molar-refractivity contribution < 1.29 is 9.47 Å². The highest BCUT2D eigenvalue weighted by molar-refractivity contribution is 5.38. The summed E-state index contributed by atoms with van der Waals surface area (Å²) in [4.78, 5) is 0. The van der Waals surface area contributed by atoms with E-state index in [0.29, 0.717) is 0 Å². The molecule has 0 aliphatic carbocycles. The number of hydrogen-bond acceptors (Lipinski definition) is 4. The van der Waals surface area contributed by atoms with E-state index in [-0.39, 0.29) is 6.04 Å². The van der Waals surface area contributed by atoms with Crippen LogP contribution in [0.25, 0.3) is 0 Å². The molecule has 1 rings (SSSR count). The zero-order chi connectivity index (χ0) is 12.0. The zero-order valence-electron chi connectivity index (χ0n) is 9.80. The smallest absolute Gasteiger partial charge is 0.122 e. The van der Waals surface area contributed by atoms with Crippen LogP contribution in [-0.2, 0) is 6.42 Å². The zero-order valence-corrected chi connectivity index (χ0v) is 9.80. The monoisotopic (exact) mass is 223 g/mol. The fraction of sp³-hybridized carbons (Fsp3) is 0.455. The second-order valence-electron chi connectivity index (χ2n) is 3.50. The Hall–Kier alpha value is -1.78. The van der Waals surface area contributed by atoms with Crippen molar-refractivity contribution in [2.45, 2.75) is 19.4 Å². The van der Waals surface area contributed by atoms with Gasteiger partial charge in [0.15, 0.2) is 0 Å². The fourth-order valence-corrected chi connectivity index (χ4v) is 1.48. The van der Waals surface area contributed by atoms with E-state index in [1.165, 1.54) is 0 Å². The second-order valence-corrected chi connectivity index (χ2v) is 3.50. The van der Waals surface area contributed by atoms with Crippen molar-refractivity contribution in [1.82, 2.24) is 0 Å². The van der Waals surface area contributed by atoms with E-state index in [1.807, 2.05) is 25.1 Å². The third kappa shape index (κ3) is 3.42. The minimum Gasteiger partial charge on any atom is -0.497 e. The number of methoxy groups -OCH3 is 2. The molecule has 2 N–H and O–H groups in total. The molecule has 1 aromatic carbocycles. The second kappa shape index (κ2) is 5.95. The Morgan fingerprint density at radius 2 is 1.75 bits per heavy atom. The quantitative estimate of drug-likeness (QED) is 0.471. The molecule has 5 nitrogen and oxygen atoms in total. The standard InChI is InChI=1S/C11H17N3O2/c1-8(13-14-12)4-9-5-10(15-2)7-11(6-9)16-3/h5-8H,4H2,1-3H3,(H2,12,13). The molecule has 88 valence electrons. The molecule has 0 aliphatic heterocycles. The maximum absolute atomic E-state index is 5.18. The van der Waals surface area contributed by atoms with E-state index >= 15 is 0 Å². The van der Waals surface area contributed by atoms with Crippen LogP contribution in [0.5, 0.6) is 11.5 Å². The lowest BCUT2D eigenvalue weighted by atomic mass is 10.1. The molecule has 0 saturated carbocycles. The van der Waals surface area contributed by atoms with Crippen molar-refractivity contribution in [1.29, 1.82) is 0 Å². The van der Waals surface area contributed by atoms with Crippen molar-refractivity contribution in [2.75, 3.05) is 14.2 Å². The Balaban J connectivity index is 2.86. The molecule has 0 aromatic heterocycles. The summed E-state index contributed by atoms with van der Waals surface area (Å²) in [5.41, 5.74) is 1.08. The third-order valence-electron chi connectivity index (χ3n) is 2.21. The summed E-state index contributed by atoms with van der Waals surface area (Å²) >= 11 is 0. The first-order valence-corrected chi connectivity index (χ1v) is 5.01. The summed E-state index contributed by atoms with van der Waals surface area (Å²) < 4.78 is 10.4. The van der Waals surface area contributed by atoms with Crippen LogP contribution in [0, 0.1) is 0 Å². The summed E-state index contributed by atoms with van der Waals surface area (Å²) in [6.45, 7) is 1.95. The van der Waals surface area contributed by atoms with Crippen LogP contribution in [0.2, 0.25) is 0 Å². The summed E-state index contributed by atoms with van der Waals surface area (Å²) in [7, 11) is 3.25. The predicted molar refractivity (Wildman–Crippen MR) is 61.8 cm³/mol. The van der Waals surface area contributed by atoms with Gasteiger partial charge in [-0.3, -0.25) is 0 Å². The highest BCUT2D eigenvalue weighted by atomic mass is 16.5. The Bertz CT molecular complexity index is 344. The average molecular weight is 223 g/mol. The van der Waals surface area contributed by atoms with Crippen LogP contribution in [0.3, 0.4) is 0 Å². The van der Waals surface area contributed by atoms with Crippen LogP contribution >= 0.6 is 0 Å². The van der Waals surface area contributed by atoms with Gasteiger partial charge < -0.3 is 15.3 Å². The molecule has 1 unspecified atom stereocenters.